The molecular formula is C22H31N3O3. The summed E-state index contributed by atoms with van der Waals surface area (Å²) in [6.45, 7) is 10.5. The van der Waals surface area contributed by atoms with E-state index in [1.165, 1.54) is 0 Å². The Kier molecular flexibility index (Phi) is 5.77. The minimum Gasteiger partial charge on any atom is -0.339 e. The summed E-state index contributed by atoms with van der Waals surface area (Å²) in [6, 6.07) is 7.90. The van der Waals surface area contributed by atoms with E-state index in [2.05, 4.69) is 6.92 Å². The van der Waals surface area contributed by atoms with Crippen LogP contribution >= 0.6 is 0 Å². The summed E-state index contributed by atoms with van der Waals surface area (Å²) in [4.78, 5) is 43.4. The van der Waals surface area contributed by atoms with E-state index >= 15 is 0 Å². The number of piperazine rings is 1. The van der Waals surface area contributed by atoms with Gasteiger partial charge < -0.3 is 14.7 Å². The van der Waals surface area contributed by atoms with Crippen LogP contribution in [0, 0.1) is 11.3 Å². The molecule has 0 saturated carbocycles. The molecule has 0 aromatic heterocycles. The maximum atomic E-state index is 13.0. The second kappa shape index (κ2) is 7.94. The minimum atomic E-state index is -0.406. The lowest BCUT2D eigenvalue weighted by molar-refractivity contribution is -0.146. The van der Waals surface area contributed by atoms with Gasteiger partial charge in [-0.2, -0.15) is 0 Å². The second-order valence-electron chi connectivity index (χ2n) is 8.76. The highest BCUT2D eigenvalue weighted by atomic mass is 16.2. The van der Waals surface area contributed by atoms with Gasteiger partial charge in [-0.05, 0) is 18.1 Å². The van der Waals surface area contributed by atoms with Crippen LogP contribution in [-0.4, -0.2) is 60.2 Å². The van der Waals surface area contributed by atoms with Crippen LogP contribution in [0.25, 0.3) is 0 Å². The van der Waals surface area contributed by atoms with E-state index in [4.69, 9.17) is 0 Å². The van der Waals surface area contributed by atoms with Gasteiger partial charge in [0.25, 0.3) is 0 Å². The number of anilines is 1. The molecular weight excluding hydrogens is 354 g/mol. The van der Waals surface area contributed by atoms with Crippen molar-refractivity contribution < 1.29 is 14.4 Å². The third kappa shape index (κ3) is 4.05. The maximum absolute atomic E-state index is 13.0. The number of carbonyl (C=O) groups excluding carboxylic acids is 3. The molecule has 2 saturated heterocycles. The molecule has 1 aromatic carbocycles. The number of hydrogen-bond acceptors (Lipinski definition) is 3. The number of para-hydroxylation sites is 1. The monoisotopic (exact) mass is 385 g/mol. The molecule has 0 N–H and O–H groups in total. The van der Waals surface area contributed by atoms with Crippen LogP contribution in [0.4, 0.5) is 5.69 Å². The molecule has 0 aliphatic carbocycles. The summed E-state index contributed by atoms with van der Waals surface area (Å²) in [5, 5.41) is 0. The lowest BCUT2D eigenvalue weighted by atomic mass is 9.94. The predicted octanol–water partition coefficient (Wildman–Crippen LogP) is 2.32. The first-order valence-corrected chi connectivity index (χ1v) is 10.2. The van der Waals surface area contributed by atoms with Gasteiger partial charge in [0.05, 0.1) is 5.92 Å². The lowest BCUT2D eigenvalue weighted by Crippen LogP contribution is -2.54. The number of hydrogen-bond donors (Lipinski definition) is 0. The van der Waals surface area contributed by atoms with Crippen molar-refractivity contribution in [2.45, 2.75) is 40.5 Å². The van der Waals surface area contributed by atoms with Gasteiger partial charge in [0, 0.05) is 50.2 Å². The van der Waals surface area contributed by atoms with Gasteiger partial charge in [0.15, 0.2) is 0 Å². The molecule has 3 rings (SSSR count). The molecule has 6 heteroatoms. The summed E-state index contributed by atoms with van der Waals surface area (Å²) in [5.41, 5.74) is 1.64. The molecule has 0 spiro atoms. The van der Waals surface area contributed by atoms with Crippen molar-refractivity contribution in [2.75, 3.05) is 37.6 Å². The van der Waals surface area contributed by atoms with Crippen molar-refractivity contribution in [1.82, 2.24) is 9.80 Å². The van der Waals surface area contributed by atoms with Crippen LogP contribution in [0.5, 0.6) is 0 Å². The molecule has 3 amide bonds. The van der Waals surface area contributed by atoms with Crippen LogP contribution < -0.4 is 4.90 Å². The van der Waals surface area contributed by atoms with Gasteiger partial charge in [0.1, 0.15) is 0 Å². The Morgan fingerprint density at radius 1 is 1.04 bits per heavy atom. The Bertz CT molecular complexity index is 761. The van der Waals surface area contributed by atoms with Crippen LogP contribution in [-0.2, 0) is 20.8 Å². The first kappa shape index (κ1) is 20.4. The standard InChI is InChI=1S/C22H31N3O3/c1-5-16-8-6-7-9-18(16)25-15-17(14-19(25)26)20(27)23-10-12-24(13-11-23)21(28)22(2,3)4/h6-9,17H,5,10-15H2,1-4H3. The Morgan fingerprint density at radius 3 is 2.25 bits per heavy atom. The summed E-state index contributed by atoms with van der Waals surface area (Å²) in [7, 11) is 0. The van der Waals surface area contributed by atoms with Gasteiger partial charge in [-0.3, -0.25) is 14.4 Å². The molecule has 2 aliphatic heterocycles. The number of amides is 3. The average molecular weight is 386 g/mol. The summed E-state index contributed by atoms with van der Waals surface area (Å²) < 4.78 is 0. The Labute approximate surface area is 167 Å². The summed E-state index contributed by atoms with van der Waals surface area (Å²) in [6.07, 6.45) is 1.11. The number of nitrogens with zero attached hydrogens (tertiary/aromatic N) is 3. The zero-order valence-corrected chi connectivity index (χ0v) is 17.4. The van der Waals surface area contributed by atoms with Gasteiger partial charge in [-0.25, -0.2) is 0 Å². The van der Waals surface area contributed by atoms with Crippen LogP contribution in [0.3, 0.4) is 0 Å². The summed E-state index contributed by atoms with van der Waals surface area (Å²) in [5.74, 6) is -0.131. The molecule has 1 unspecified atom stereocenters. The fraction of sp³-hybridized carbons (Fsp3) is 0.591. The largest absolute Gasteiger partial charge is 0.339 e. The second-order valence-corrected chi connectivity index (χ2v) is 8.76. The Morgan fingerprint density at radius 2 is 1.64 bits per heavy atom. The molecule has 2 heterocycles. The van der Waals surface area contributed by atoms with Crippen LogP contribution in [0.1, 0.15) is 39.7 Å². The molecule has 2 fully saturated rings. The lowest BCUT2D eigenvalue weighted by Gasteiger charge is -2.38. The van der Waals surface area contributed by atoms with Crippen molar-refractivity contribution in [3.05, 3.63) is 29.8 Å². The highest BCUT2D eigenvalue weighted by Gasteiger charge is 2.39. The molecule has 28 heavy (non-hydrogen) atoms. The van der Waals surface area contributed by atoms with Gasteiger partial charge >= 0.3 is 0 Å². The third-order valence-electron chi connectivity index (χ3n) is 5.66. The van der Waals surface area contributed by atoms with Crippen molar-refractivity contribution in [2.24, 2.45) is 11.3 Å². The van der Waals surface area contributed by atoms with E-state index in [0.717, 1.165) is 17.7 Å². The maximum Gasteiger partial charge on any atom is 0.228 e. The molecule has 1 aromatic rings. The Hall–Kier alpha value is -2.37. The number of aryl methyl sites for hydroxylation is 1. The first-order chi connectivity index (χ1) is 13.2. The quantitative estimate of drug-likeness (QED) is 0.802. The van der Waals surface area contributed by atoms with Crippen LogP contribution in [0.15, 0.2) is 24.3 Å². The van der Waals surface area contributed by atoms with E-state index in [1.54, 1.807) is 4.90 Å². The van der Waals surface area contributed by atoms with Crippen molar-refractivity contribution >= 4 is 23.4 Å². The zero-order valence-electron chi connectivity index (χ0n) is 17.4. The van der Waals surface area contributed by atoms with Crippen molar-refractivity contribution in [3.8, 4) is 0 Å². The van der Waals surface area contributed by atoms with Crippen molar-refractivity contribution in [3.63, 3.8) is 0 Å². The fourth-order valence-electron chi connectivity index (χ4n) is 4.04. The SMILES string of the molecule is CCc1ccccc1N1CC(C(=O)N2CCN(C(=O)C(C)(C)C)CC2)CC1=O. The molecule has 0 bridgehead atoms. The highest BCUT2D eigenvalue weighted by Crippen LogP contribution is 2.29. The first-order valence-electron chi connectivity index (χ1n) is 10.2. The van der Waals surface area contributed by atoms with Gasteiger partial charge in [-0.15, -0.1) is 0 Å². The topological polar surface area (TPSA) is 60.9 Å². The van der Waals surface area contributed by atoms with E-state index in [1.807, 2.05) is 54.8 Å². The van der Waals surface area contributed by atoms with E-state index in [0.29, 0.717) is 32.7 Å². The number of benzene rings is 1. The zero-order chi connectivity index (χ0) is 20.5. The fourth-order valence-corrected chi connectivity index (χ4v) is 4.04. The predicted molar refractivity (Wildman–Crippen MR) is 109 cm³/mol. The molecule has 152 valence electrons. The van der Waals surface area contributed by atoms with E-state index in [-0.39, 0.29) is 30.1 Å². The number of carbonyl (C=O) groups is 3. The van der Waals surface area contributed by atoms with Crippen molar-refractivity contribution in [1.29, 1.82) is 0 Å². The molecule has 1 atom stereocenters. The van der Waals surface area contributed by atoms with E-state index in [9.17, 15) is 14.4 Å². The third-order valence-corrected chi connectivity index (χ3v) is 5.66. The minimum absolute atomic E-state index is 0.0146. The Balaban J connectivity index is 1.62. The molecule has 2 aliphatic rings. The van der Waals surface area contributed by atoms with Gasteiger partial charge in [0.2, 0.25) is 17.7 Å². The van der Waals surface area contributed by atoms with Gasteiger partial charge in [-0.1, -0.05) is 45.9 Å². The highest BCUT2D eigenvalue weighted by molar-refractivity contribution is 6.00. The summed E-state index contributed by atoms with van der Waals surface area (Å²) >= 11 is 0. The normalized spacial score (nSPS) is 20.6. The molecule has 6 nitrogen and oxygen atoms in total. The average Bonchev–Trinajstić information content (AvgIpc) is 3.07. The number of rotatable bonds is 3. The van der Waals surface area contributed by atoms with E-state index < -0.39 is 5.41 Å². The molecule has 0 radical (unpaired) electrons. The van der Waals surface area contributed by atoms with Crippen LogP contribution in [0.2, 0.25) is 0 Å². The smallest absolute Gasteiger partial charge is 0.228 e.